The molecule has 0 bridgehead atoms. The molecule has 0 unspecified atom stereocenters. The van der Waals surface area contributed by atoms with Gasteiger partial charge in [-0.2, -0.15) is 13.2 Å². The SMILES string of the molecule is Cc1ccc(C(=O)Cc2ccc(OC3CCN(C)CC3)c(C(F)(F)F)c2)cc1C#Cc1csc2c(NC3CC3)ncnc12. The Kier molecular flexibility index (Phi) is 8.12. The maximum absolute atomic E-state index is 14.0. The third-order valence-corrected chi connectivity index (χ3v) is 8.81. The van der Waals surface area contributed by atoms with E-state index in [1.165, 1.54) is 23.7 Å². The number of fused-ring (bicyclic) bond motifs is 1. The number of ether oxygens (including phenoxy) is 1. The summed E-state index contributed by atoms with van der Waals surface area (Å²) in [5.41, 5.74) is 2.95. The first-order valence-corrected chi connectivity index (χ1v) is 15.2. The number of nitrogens with one attached hydrogen (secondary N) is 1. The van der Waals surface area contributed by atoms with E-state index < -0.39 is 11.7 Å². The smallest absolute Gasteiger partial charge is 0.419 e. The zero-order chi connectivity index (χ0) is 30.1. The van der Waals surface area contributed by atoms with Crippen LogP contribution in [0.25, 0.3) is 10.2 Å². The lowest BCUT2D eigenvalue weighted by atomic mass is 9.97. The van der Waals surface area contributed by atoms with E-state index in [9.17, 15) is 18.0 Å². The van der Waals surface area contributed by atoms with Gasteiger partial charge in [0.1, 0.15) is 29.5 Å². The number of hydrogen-bond acceptors (Lipinski definition) is 7. The van der Waals surface area contributed by atoms with Crippen LogP contribution in [0.3, 0.4) is 0 Å². The second kappa shape index (κ2) is 12.0. The molecule has 222 valence electrons. The number of alkyl halides is 3. The van der Waals surface area contributed by atoms with Gasteiger partial charge in [-0.25, -0.2) is 9.97 Å². The number of carbonyl (C=O) groups excluding carboxylic acids is 1. The average Bonchev–Trinajstić information content (AvgIpc) is 3.70. The number of rotatable bonds is 7. The van der Waals surface area contributed by atoms with Gasteiger partial charge in [0.2, 0.25) is 0 Å². The molecule has 1 N–H and O–H groups in total. The number of thiophene rings is 1. The van der Waals surface area contributed by atoms with E-state index in [1.807, 2.05) is 25.4 Å². The monoisotopic (exact) mass is 604 g/mol. The summed E-state index contributed by atoms with van der Waals surface area (Å²) >= 11 is 1.54. The second-order valence-corrected chi connectivity index (χ2v) is 12.2. The number of likely N-dealkylation sites (tertiary alicyclic amines) is 1. The van der Waals surface area contributed by atoms with Gasteiger partial charge >= 0.3 is 6.18 Å². The first kappa shape index (κ1) is 29.1. The van der Waals surface area contributed by atoms with Crippen molar-refractivity contribution in [1.29, 1.82) is 0 Å². The van der Waals surface area contributed by atoms with Crippen LogP contribution in [0.5, 0.6) is 5.75 Å². The van der Waals surface area contributed by atoms with Crippen molar-refractivity contribution in [2.75, 3.05) is 25.5 Å². The molecule has 1 saturated carbocycles. The predicted molar refractivity (Wildman–Crippen MR) is 162 cm³/mol. The highest BCUT2D eigenvalue weighted by Gasteiger charge is 2.36. The number of aryl methyl sites for hydroxylation is 1. The Labute approximate surface area is 252 Å². The summed E-state index contributed by atoms with van der Waals surface area (Å²) in [6, 6.07) is 9.59. The lowest BCUT2D eigenvalue weighted by Gasteiger charge is -2.30. The number of benzene rings is 2. The molecule has 4 aromatic rings. The maximum atomic E-state index is 14.0. The van der Waals surface area contributed by atoms with Gasteiger partial charge in [0.25, 0.3) is 0 Å². The summed E-state index contributed by atoms with van der Waals surface area (Å²) in [5, 5.41) is 5.38. The van der Waals surface area contributed by atoms with Crippen molar-refractivity contribution in [2.45, 2.75) is 57.3 Å². The van der Waals surface area contributed by atoms with Crippen LogP contribution >= 0.6 is 11.3 Å². The summed E-state index contributed by atoms with van der Waals surface area (Å²) in [6.45, 7) is 3.46. The van der Waals surface area contributed by atoms with Crippen LogP contribution in [0.15, 0.2) is 48.1 Å². The van der Waals surface area contributed by atoms with Gasteiger partial charge < -0.3 is 15.0 Å². The largest absolute Gasteiger partial charge is 0.490 e. The number of hydrogen-bond donors (Lipinski definition) is 1. The summed E-state index contributed by atoms with van der Waals surface area (Å²) in [5.74, 6) is 6.71. The molecule has 1 aliphatic carbocycles. The Morgan fingerprint density at radius 3 is 2.58 bits per heavy atom. The quantitative estimate of drug-likeness (QED) is 0.183. The molecule has 2 aromatic carbocycles. The maximum Gasteiger partial charge on any atom is 0.419 e. The minimum Gasteiger partial charge on any atom is -0.490 e. The van der Waals surface area contributed by atoms with E-state index >= 15 is 0 Å². The number of ketones is 1. The summed E-state index contributed by atoms with van der Waals surface area (Å²) in [7, 11) is 1.98. The fourth-order valence-corrected chi connectivity index (χ4v) is 6.01. The summed E-state index contributed by atoms with van der Waals surface area (Å²) in [4.78, 5) is 24.2. The molecule has 1 saturated heterocycles. The number of aromatic nitrogens is 2. The molecule has 1 aliphatic heterocycles. The molecular weight excluding hydrogens is 573 g/mol. The number of carbonyl (C=O) groups is 1. The fraction of sp³-hybridized carbons (Fsp3) is 0.364. The van der Waals surface area contributed by atoms with Gasteiger partial charge in [-0.3, -0.25) is 4.79 Å². The molecular formula is C33H31F3N4O2S. The normalized spacial score (nSPS) is 16.1. The second-order valence-electron chi connectivity index (χ2n) is 11.3. The highest BCUT2D eigenvalue weighted by molar-refractivity contribution is 7.18. The Morgan fingerprint density at radius 2 is 1.84 bits per heavy atom. The van der Waals surface area contributed by atoms with E-state index in [0.29, 0.717) is 30.0 Å². The van der Waals surface area contributed by atoms with E-state index in [2.05, 4.69) is 32.0 Å². The first-order chi connectivity index (χ1) is 20.6. The highest BCUT2D eigenvalue weighted by Crippen LogP contribution is 2.38. The molecule has 2 fully saturated rings. The number of nitrogens with zero attached hydrogens (tertiary/aromatic N) is 3. The van der Waals surface area contributed by atoms with E-state index in [4.69, 9.17) is 4.74 Å². The van der Waals surface area contributed by atoms with Crippen molar-refractivity contribution in [1.82, 2.24) is 14.9 Å². The van der Waals surface area contributed by atoms with Crippen molar-refractivity contribution in [3.63, 3.8) is 0 Å². The minimum absolute atomic E-state index is 0.170. The molecule has 3 heterocycles. The topological polar surface area (TPSA) is 67.3 Å². The van der Waals surface area contributed by atoms with Crippen molar-refractivity contribution < 1.29 is 22.7 Å². The Bertz CT molecular complexity index is 1730. The molecule has 2 aliphatic rings. The standard InChI is InChI=1S/C33H31F3N4O2S/c1-20-3-5-23(17-22(20)6-7-24-18-43-31-30(24)37-19-38-32(31)39-25-8-9-25)28(41)16-21-4-10-29(27(15-21)33(34,35)36)42-26-11-13-40(2)14-12-26/h3-5,10,15,17-19,25-26H,8-9,11-14,16H2,1-2H3,(H,37,38,39). The molecule has 6 rings (SSSR count). The lowest BCUT2D eigenvalue weighted by Crippen LogP contribution is -2.36. The van der Waals surface area contributed by atoms with Gasteiger partial charge in [-0.15, -0.1) is 11.3 Å². The zero-order valence-corrected chi connectivity index (χ0v) is 24.7. The Morgan fingerprint density at radius 1 is 1.07 bits per heavy atom. The number of piperidine rings is 1. The molecule has 10 heteroatoms. The number of halogens is 3. The minimum atomic E-state index is -4.60. The number of Topliss-reactive ketones (excluding diaryl/α,β-unsaturated/α-hetero) is 1. The lowest BCUT2D eigenvalue weighted by molar-refractivity contribution is -0.139. The van der Waals surface area contributed by atoms with Crippen LogP contribution in [0, 0.1) is 18.8 Å². The van der Waals surface area contributed by atoms with Crippen molar-refractivity contribution in [3.05, 3.63) is 81.5 Å². The van der Waals surface area contributed by atoms with Crippen LogP contribution in [-0.4, -0.2) is 52.9 Å². The predicted octanol–water partition coefficient (Wildman–Crippen LogP) is 6.89. The average molecular weight is 605 g/mol. The van der Waals surface area contributed by atoms with E-state index in [0.717, 1.165) is 59.2 Å². The van der Waals surface area contributed by atoms with Crippen LogP contribution < -0.4 is 10.1 Å². The molecule has 0 spiro atoms. The molecule has 2 aromatic heterocycles. The van der Waals surface area contributed by atoms with Gasteiger partial charge in [0.05, 0.1) is 15.8 Å². The van der Waals surface area contributed by atoms with Gasteiger partial charge in [0.15, 0.2) is 5.78 Å². The van der Waals surface area contributed by atoms with Gasteiger partial charge in [-0.05, 0) is 69.0 Å². The first-order valence-electron chi connectivity index (χ1n) is 14.3. The molecule has 6 nitrogen and oxygen atoms in total. The van der Waals surface area contributed by atoms with Crippen molar-refractivity contribution in [3.8, 4) is 17.6 Å². The molecule has 43 heavy (non-hydrogen) atoms. The molecule has 0 amide bonds. The van der Waals surface area contributed by atoms with Crippen LogP contribution in [0.2, 0.25) is 0 Å². The van der Waals surface area contributed by atoms with Gasteiger partial charge in [0, 0.05) is 42.1 Å². The van der Waals surface area contributed by atoms with Crippen LogP contribution in [0.1, 0.15) is 63.9 Å². The highest BCUT2D eigenvalue weighted by atomic mass is 32.1. The van der Waals surface area contributed by atoms with Crippen LogP contribution in [0.4, 0.5) is 19.0 Å². The Balaban J connectivity index is 1.20. The van der Waals surface area contributed by atoms with Crippen molar-refractivity contribution >= 4 is 33.2 Å². The van der Waals surface area contributed by atoms with Gasteiger partial charge in [-0.1, -0.05) is 30.0 Å². The fourth-order valence-electron chi connectivity index (χ4n) is 5.11. The third kappa shape index (κ3) is 6.84. The molecule has 0 atom stereocenters. The van der Waals surface area contributed by atoms with E-state index in [1.54, 1.807) is 18.2 Å². The van der Waals surface area contributed by atoms with Crippen molar-refractivity contribution in [2.24, 2.45) is 0 Å². The summed E-state index contributed by atoms with van der Waals surface area (Å²) in [6.07, 6.45) is 0.113. The zero-order valence-electron chi connectivity index (χ0n) is 23.9. The molecule has 0 radical (unpaired) electrons. The third-order valence-electron chi connectivity index (χ3n) is 7.84. The number of anilines is 1. The van der Waals surface area contributed by atoms with E-state index in [-0.39, 0.29) is 29.6 Å². The Hall–Kier alpha value is -3.94. The van der Waals surface area contributed by atoms with Crippen LogP contribution in [-0.2, 0) is 12.6 Å². The summed E-state index contributed by atoms with van der Waals surface area (Å²) < 4.78 is 48.7.